The first kappa shape index (κ1) is 13.0. The van der Waals surface area contributed by atoms with Crippen LogP contribution in [0.5, 0.6) is 0 Å². The van der Waals surface area contributed by atoms with Gasteiger partial charge in [0.25, 0.3) is 0 Å². The molecule has 4 rings (SSSR count). The number of anilines is 1. The summed E-state index contributed by atoms with van der Waals surface area (Å²) in [5, 5.41) is 3.93. The molecule has 1 aromatic heterocycles. The quantitative estimate of drug-likeness (QED) is 0.735. The number of hydrogen-bond donors (Lipinski definition) is 0. The van der Waals surface area contributed by atoms with Gasteiger partial charge in [-0.2, -0.15) is 0 Å². The average Bonchev–Trinajstić information content (AvgIpc) is 3.12. The summed E-state index contributed by atoms with van der Waals surface area (Å²) in [5.74, 6) is -0.0629. The van der Waals surface area contributed by atoms with E-state index in [9.17, 15) is 9.59 Å². The molecule has 4 unspecified atom stereocenters. The van der Waals surface area contributed by atoms with Crippen molar-refractivity contribution < 1.29 is 18.8 Å². The highest BCUT2D eigenvalue weighted by molar-refractivity contribution is 6.22. The zero-order chi connectivity index (χ0) is 14.9. The first-order valence-electron chi connectivity index (χ1n) is 7.38. The first-order chi connectivity index (χ1) is 9.88. The maximum absolute atomic E-state index is 12.6. The standard InChI is InChI=1S/C15H18N2O4/c1-15(2,3)9-6-10(16-21-9)17-13(18)11-7-4-5-8(20-7)12(11)14(17)19/h6-8,11-12H,4-5H2,1-3H3. The van der Waals surface area contributed by atoms with E-state index in [1.165, 1.54) is 4.90 Å². The summed E-state index contributed by atoms with van der Waals surface area (Å²) in [5.41, 5.74) is -0.213. The first-order valence-corrected chi connectivity index (χ1v) is 7.38. The predicted molar refractivity (Wildman–Crippen MR) is 72.6 cm³/mol. The number of aromatic nitrogens is 1. The second-order valence-corrected chi connectivity index (χ2v) is 7.15. The van der Waals surface area contributed by atoms with Crippen LogP contribution in [0.15, 0.2) is 10.6 Å². The lowest BCUT2D eigenvalue weighted by Crippen LogP contribution is -2.34. The van der Waals surface area contributed by atoms with Crippen molar-refractivity contribution >= 4 is 17.6 Å². The fourth-order valence-electron chi connectivity index (χ4n) is 3.66. The largest absolute Gasteiger partial charge is 0.373 e. The van der Waals surface area contributed by atoms with Crippen LogP contribution in [0, 0.1) is 11.8 Å². The Kier molecular flexibility index (Phi) is 2.44. The summed E-state index contributed by atoms with van der Waals surface area (Å²) in [6, 6.07) is 1.69. The Labute approximate surface area is 122 Å². The van der Waals surface area contributed by atoms with Gasteiger partial charge in [-0.3, -0.25) is 9.59 Å². The molecule has 0 spiro atoms. The smallest absolute Gasteiger partial charge is 0.241 e. The topological polar surface area (TPSA) is 72.6 Å². The molecule has 2 amide bonds. The van der Waals surface area contributed by atoms with E-state index >= 15 is 0 Å². The molecule has 6 heteroatoms. The summed E-state index contributed by atoms with van der Waals surface area (Å²) in [6.45, 7) is 5.98. The van der Waals surface area contributed by atoms with Gasteiger partial charge in [0.1, 0.15) is 5.76 Å². The molecule has 4 heterocycles. The van der Waals surface area contributed by atoms with Crippen LogP contribution in [0.3, 0.4) is 0 Å². The lowest BCUT2D eigenvalue weighted by atomic mass is 9.81. The van der Waals surface area contributed by atoms with Crippen LogP contribution >= 0.6 is 0 Å². The maximum Gasteiger partial charge on any atom is 0.241 e. The van der Waals surface area contributed by atoms with Crippen molar-refractivity contribution in [1.82, 2.24) is 5.16 Å². The number of rotatable bonds is 1. The Balaban J connectivity index is 1.69. The predicted octanol–water partition coefficient (Wildman–Crippen LogP) is 1.64. The number of carbonyl (C=O) groups is 2. The highest BCUT2D eigenvalue weighted by Crippen LogP contribution is 2.49. The van der Waals surface area contributed by atoms with Gasteiger partial charge in [0.2, 0.25) is 11.8 Å². The van der Waals surface area contributed by atoms with Crippen molar-refractivity contribution in [3.05, 3.63) is 11.8 Å². The van der Waals surface area contributed by atoms with E-state index in [-0.39, 0.29) is 41.3 Å². The molecular formula is C15H18N2O4. The third-order valence-electron chi connectivity index (χ3n) is 4.75. The zero-order valence-corrected chi connectivity index (χ0v) is 12.3. The highest BCUT2D eigenvalue weighted by Gasteiger charge is 2.63. The molecular weight excluding hydrogens is 272 g/mol. The molecule has 1 aromatic rings. The molecule has 3 saturated heterocycles. The average molecular weight is 290 g/mol. The molecule has 0 saturated carbocycles. The summed E-state index contributed by atoms with van der Waals surface area (Å²) >= 11 is 0. The molecule has 0 radical (unpaired) electrons. The maximum atomic E-state index is 12.6. The van der Waals surface area contributed by atoms with Gasteiger partial charge in [-0.05, 0) is 12.8 Å². The van der Waals surface area contributed by atoms with Crippen LogP contribution in [0.4, 0.5) is 5.82 Å². The Bertz CT molecular complexity index is 602. The molecule has 3 fully saturated rings. The van der Waals surface area contributed by atoms with Gasteiger partial charge in [-0.25, -0.2) is 4.90 Å². The molecule has 0 N–H and O–H groups in total. The van der Waals surface area contributed by atoms with Gasteiger partial charge in [-0.1, -0.05) is 25.9 Å². The van der Waals surface area contributed by atoms with E-state index in [1.54, 1.807) is 6.07 Å². The summed E-state index contributed by atoms with van der Waals surface area (Å²) in [7, 11) is 0. The fourth-order valence-corrected chi connectivity index (χ4v) is 3.66. The molecule has 3 aliphatic rings. The number of carbonyl (C=O) groups excluding carboxylic acids is 2. The van der Waals surface area contributed by atoms with Crippen LogP contribution in [-0.2, 0) is 19.7 Å². The monoisotopic (exact) mass is 290 g/mol. The second-order valence-electron chi connectivity index (χ2n) is 7.15. The number of fused-ring (bicyclic) bond motifs is 5. The van der Waals surface area contributed by atoms with Gasteiger partial charge in [-0.15, -0.1) is 0 Å². The summed E-state index contributed by atoms with van der Waals surface area (Å²) in [4.78, 5) is 26.4. The van der Waals surface area contributed by atoms with Gasteiger partial charge < -0.3 is 9.26 Å². The van der Waals surface area contributed by atoms with Gasteiger partial charge in [0.15, 0.2) is 5.82 Å². The Morgan fingerprint density at radius 3 is 2.19 bits per heavy atom. The molecule has 3 aliphatic heterocycles. The highest BCUT2D eigenvalue weighted by atomic mass is 16.5. The van der Waals surface area contributed by atoms with Crippen molar-refractivity contribution in [2.24, 2.45) is 11.8 Å². The lowest BCUT2D eigenvalue weighted by Gasteiger charge is -2.15. The molecule has 4 atom stereocenters. The van der Waals surface area contributed by atoms with Crippen molar-refractivity contribution in [2.45, 2.75) is 51.2 Å². The molecule has 112 valence electrons. The van der Waals surface area contributed by atoms with E-state index in [0.29, 0.717) is 11.6 Å². The molecule has 0 aromatic carbocycles. The number of ether oxygens (including phenoxy) is 1. The van der Waals surface area contributed by atoms with E-state index in [2.05, 4.69) is 5.16 Å². The van der Waals surface area contributed by atoms with E-state index < -0.39 is 0 Å². The normalized spacial score (nSPS) is 34.9. The van der Waals surface area contributed by atoms with Gasteiger partial charge >= 0.3 is 0 Å². The number of imide groups is 1. The second kappa shape index (κ2) is 3.94. The third kappa shape index (κ3) is 1.65. The molecule has 21 heavy (non-hydrogen) atoms. The van der Waals surface area contributed by atoms with Crippen molar-refractivity contribution in [3.8, 4) is 0 Å². The SMILES string of the molecule is CC(C)(C)c1cc(N2C(=O)C3C4CCC(O4)C3C2=O)no1. The number of nitrogens with zero attached hydrogens (tertiary/aromatic N) is 2. The van der Waals surface area contributed by atoms with Crippen LogP contribution < -0.4 is 4.90 Å². The Morgan fingerprint density at radius 2 is 1.71 bits per heavy atom. The van der Waals surface area contributed by atoms with E-state index in [4.69, 9.17) is 9.26 Å². The molecule has 0 aliphatic carbocycles. The molecule has 2 bridgehead atoms. The van der Waals surface area contributed by atoms with Crippen molar-refractivity contribution in [2.75, 3.05) is 4.90 Å². The van der Waals surface area contributed by atoms with Crippen LogP contribution in [0.25, 0.3) is 0 Å². The third-order valence-corrected chi connectivity index (χ3v) is 4.75. The van der Waals surface area contributed by atoms with Gasteiger partial charge in [0, 0.05) is 11.5 Å². The van der Waals surface area contributed by atoms with Crippen LogP contribution in [0.2, 0.25) is 0 Å². The van der Waals surface area contributed by atoms with Crippen molar-refractivity contribution in [3.63, 3.8) is 0 Å². The van der Waals surface area contributed by atoms with Crippen molar-refractivity contribution in [1.29, 1.82) is 0 Å². The minimum atomic E-state index is -0.328. The number of hydrogen-bond acceptors (Lipinski definition) is 5. The summed E-state index contributed by atoms with van der Waals surface area (Å²) in [6.07, 6.45) is 1.53. The lowest BCUT2D eigenvalue weighted by molar-refractivity contribution is -0.124. The molecule has 6 nitrogen and oxygen atoms in total. The minimum absolute atomic E-state index is 0.101. The van der Waals surface area contributed by atoms with E-state index in [0.717, 1.165) is 12.8 Å². The van der Waals surface area contributed by atoms with Crippen LogP contribution in [0.1, 0.15) is 39.4 Å². The fraction of sp³-hybridized carbons (Fsp3) is 0.667. The van der Waals surface area contributed by atoms with E-state index in [1.807, 2.05) is 20.8 Å². The summed E-state index contributed by atoms with van der Waals surface area (Å²) < 4.78 is 11.0. The Hall–Kier alpha value is -1.69. The zero-order valence-electron chi connectivity index (χ0n) is 12.3. The minimum Gasteiger partial charge on any atom is -0.373 e. The van der Waals surface area contributed by atoms with Gasteiger partial charge in [0.05, 0.1) is 24.0 Å². The Morgan fingerprint density at radius 1 is 1.14 bits per heavy atom. The number of amides is 2. The van der Waals surface area contributed by atoms with Crippen LogP contribution in [-0.4, -0.2) is 29.2 Å².